The zero-order valence-corrected chi connectivity index (χ0v) is 24.5. The van der Waals surface area contributed by atoms with E-state index in [0.29, 0.717) is 42.4 Å². The number of rotatable bonds is 9. The molecule has 3 fully saturated rings. The summed E-state index contributed by atoms with van der Waals surface area (Å²) in [6.07, 6.45) is 2.81. The smallest absolute Gasteiger partial charge is 0.353 e. The minimum absolute atomic E-state index is 0.0128. The molecule has 222 valence electrons. The number of fused-ring (bicyclic) bond motifs is 1. The van der Waals surface area contributed by atoms with Crippen LogP contribution in [0.1, 0.15) is 50.4 Å². The molecule has 41 heavy (non-hydrogen) atoms. The lowest BCUT2D eigenvalue weighted by Crippen LogP contribution is -2.62. The van der Waals surface area contributed by atoms with E-state index in [0.717, 1.165) is 30.8 Å². The SMILES string of the molecule is CC(=O)C[C@H](C)[C@H]1C(=O)N2C(C(=O)O)=C(S[C@H]3CCNC3)[C@H](C)[C@@H]12.N[C@H]1CCN(C(=O)c2cccc(NC=O)c2)C1. The number of ketones is 1. The summed E-state index contributed by atoms with van der Waals surface area (Å²) >= 11 is 1.61. The molecule has 0 aliphatic carbocycles. The second-order valence-electron chi connectivity index (χ2n) is 11.3. The van der Waals surface area contributed by atoms with Crippen LogP contribution in [0.15, 0.2) is 34.9 Å². The number of aliphatic carboxylic acids is 1. The molecule has 0 saturated carbocycles. The Balaban J connectivity index is 0.000000201. The number of carboxylic acid groups (broad SMARTS) is 1. The number of thioether (sulfide) groups is 1. The number of likely N-dealkylation sites (tertiary alicyclic amines) is 1. The van der Waals surface area contributed by atoms with Gasteiger partial charge in [0.15, 0.2) is 0 Å². The molecule has 0 spiro atoms. The Morgan fingerprint density at radius 2 is 2.05 bits per heavy atom. The van der Waals surface area contributed by atoms with E-state index in [1.165, 1.54) is 11.8 Å². The number of nitrogens with zero attached hydrogens (tertiary/aromatic N) is 2. The first-order valence-electron chi connectivity index (χ1n) is 14.1. The molecule has 4 aliphatic rings. The van der Waals surface area contributed by atoms with E-state index < -0.39 is 5.97 Å². The van der Waals surface area contributed by atoms with Gasteiger partial charge >= 0.3 is 5.97 Å². The van der Waals surface area contributed by atoms with Crippen LogP contribution in [0.5, 0.6) is 0 Å². The van der Waals surface area contributed by atoms with Crippen molar-refractivity contribution >= 4 is 47.4 Å². The average molecular weight is 586 g/mol. The normalized spacial score (nSPS) is 27.5. The summed E-state index contributed by atoms with van der Waals surface area (Å²) in [6, 6.07) is 6.85. The molecular weight excluding hydrogens is 546 g/mol. The van der Waals surface area contributed by atoms with Gasteiger partial charge in [0.05, 0.1) is 12.0 Å². The topological polar surface area (TPSA) is 162 Å². The second-order valence-corrected chi connectivity index (χ2v) is 12.6. The monoisotopic (exact) mass is 585 g/mol. The Morgan fingerprint density at radius 1 is 1.29 bits per heavy atom. The van der Waals surface area contributed by atoms with Crippen LogP contribution in [0.25, 0.3) is 0 Å². The summed E-state index contributed by atoms with van der Waals surface area (Å²) in [6.45, 7) is 8.59. The third-order valence-corrected chi connectivity index (χ3v) is 9.72. The molecule has 11 nitrogen and oxygen atoms in total. The first kappa shape index (κ1) is 30.7. The maximum Gasteiger partial charge on any atom is 0.353 e. The molecule has 0 radical (unpaired) electrons. The summed E-state index contributed by atoms with van der Waals surface area (Å²) in [7, 11) is 0. The van der Waals surface area contributed by atoms with E-state index in [1.54, 1.807) is 40.9 Å². The molecule has 0 aromatic heterocycles. The number of benzene rings is 1. The molecule has 5 N–H and O–H groups in total. The number of hydrogen-bond donors (Lipinski definition) is 4. The lowest BCUT2D eigenvalue weighted by Gasteiger charge is -2.47. The summed E-state index contributed by atoms with van der Waals surface area (Å²) in [4.78, 5) is 62.3. The number of carboxylic acids is 1. The number of carbonyl (C=O) groups excluding carboxylic acids is 4. The molecule has 0 unspecified atom stereocenters. The van der Waals surface area contributed by atoms with Crippen molar-refractivity contribution < 1.29 is 29.1 Å². The van der Waals surface area contributed by atoms with Crippen molar-refractivity contribution in [1.82, 2.24) is 15.1 Å². The molecule has 1 aromatic rings. The van der Waals surface area contributed by atoms with E-state index in [4.69, 9.17) is 5.73 Å². The van der Waals surface area contributed by atoms with Crippen molar-refractivity contribution in [1.29, 1.82) is 0 Å². The van der Waals surface area contributed by atoms with Crippen LogP contribution in [0.4, 0.5) is 5.69 Å². The van der Waals surface area contributed by atoms with Gasteiger partial charge in [0.1, 0.15) is 11.5 Å². The van der Waals surface area contributed by atoms with Crippen molar-refractivity contribution in [3.63, 3.8) is 0 Å². The number of amides is 3. The summed E-state index contributed by atoms with van der Waals surface area (Å²) in [5, 5.41) is 15.8. The summed E-state index contributed by atoms with van der Waals surface area (Å²) < 4.78 is 0. The van der Waals surface area contributed by atoms with Crippen molar-refractivity contribution in [2.24, 2.45) is 23.5 Å². The predicted octanol–water partition coefficient (Wildman–Crippen LogP) is 1.90. The van der Waals surface area contributed by atoms with E-state index >= 15 is 0 Å². The number of nitrogens with two attached hydrogens (primary N) is 1. The zero-order chi connectivity index (χ0) is 29.8. The maximum atomic E-state index is 12.6. The Labute approximate surface area is 244 Å². The van der Waals surface area contributed by atoms with Crippen molar-refractivity contribution in [2.45, 2.75) is 57.4 Å². The van der Waals surface area contributed by atoms with Crippen LogP contribution in [-0.4, -0.2) is 88.4 Å². The number of Topliss-reactive ketones (excluding diaryl/α,β-unsaturated/α-hetero) is 1. The van der Waals surface area contributed by atoms with Gasteiger partial charge in [0.2, 0.25) is 12.3 Å². The van der Waals surface area contributed by atoms with Crippen LogP contribution < -0.4 is 16.4 Å². The molecule has 6 atom stereocenters. The molecule has 4 heterocycles. The average Bonchev–Trinajstić information content (AvgIpc) is 3.64. The number of hydrogen-bond acceptors (Lipinski definition) is 8. The Hall–Kier alpha value is -3.22. The second kappa shape index (κ2) is 13.2. The van der Waals surface area contributed by atoms with Crippen molar-refractivity contribution in [2.75, 3.05) is 31.5 Å². The van der Waals surface area contributed by atoms with Gasteiger partial charge in [-0.05, 0) is 50.4 Å². The molecule has 0 bridgehead atoms. The third kappa shape index (κ3) is 6.65. The van der Waals surface area contributed by atoms with E-state index in [9.17, 15) is 29.1 Å². The summed E-state index contributed by atoms with van der Waals surface area (Å²) in [5.41, 5.74) is 7.13. The molecule has 4 aliphatic heterocycles. The molecule has 1 aromatic carbocycles. The van der Waals surface area contributed by atoms with Gasteiger partial charge in [-0.3, -0.25) is 14.4 Å². The number of nitrogens with one attached hydrogen (secondary N) is 2. The van der Waals surface area contributed by atoms with Crippen LogP contribution in [-0.2, 0) is 19.2 Å². The Kier molecular flexibility index (Phi) is 9.88. The summed E-state index contributed by atoms with van der Waals surface area (Å²) in [5.74, 6) is -1.42. The van der Waals surface area contributed by atoms with Crippen molar-refractivity contribution in [3.05, 3.63) is 40.4 Å². The highest BCUT2D eigenvalue weighted by atomic mass is 32.2. The first-order chi connectivity index (χ1) is 19.5. The fourth-order valence-corrected chi connectivity index (χ4v) is 7.67. The minimum atomic E-state index is -1.02. The van der Waals surface area contributed by atoms with Crippen LogP contribution in [0, 0.1) is 17.8 Å². The largest absolute Gasteiger partial charge is 0.477 e. The van der Waals surface area contributed by atoms with Crippen LogP contribution in [0.3, 0.4) is 0 Å². The Bertz CT molecular complexity index is 1230. The third-order valence-electron chi connectivity index (χ3n) is 8.17. The van der Waals surface area contributed by atoms with Gasteiger partial charge in [-0.2, -0.15) is 0 Å². The predicted molar refractivity (Wildman–Crippen MR) is 156 cm³/mol. The lowest BCUT2D eigenvalue weighted by molar-refractivity contribution is -0.160. The number of anilines is 1. The quantitative estimate of drug-likeness (QED) is 0.250. The van der Waals surface area contributed by atoms with Gasteiger partial charge < -0.3 is 36.1 Å². The van der Waals surface area contributed by atoms with Crippen molar-refractivity contribution in [3.8, 4) is 0 Å². The first-order valence-corrected chi connectivity index (χ1v) is 14.9. The standard InChI is InChI=1S/C17H24N2O4S.C12H15N3O2/c1-8(6-9(2)20)12-13-10(3)15(24-11-4-5-18-7-11)14(17(22)23)19(13)16(12)21;13-10-4-5-15(7-10)12(17)9-2-1-3-11(6-9)14-8-16/h8,10-13,18H,4-7H2,1-3H3,(H,22,23);1-3,6,8,10H,4-5,7,13H2,(H,14,16)/t8-,10+,11-,12+,13-;10-/m00/s1. The van der Waals surface area contributed by atoms with Gasteiger partial charge in [0, 0.05) is 59.4 Å². The highest BCUT2D eigenvalue weighted by molar-refractivity contribution is 8.03. The van der Waals surface area contributed by atoms with Gasteiger partial charge in [-0.15, -0.1) is 11.8 Å². The molecule has 3 saturated heterocycles. The fraction of sp³-hybridized carbons (Fsp3) is 0.552. The number of carbonyl (C=O) groups is 5. The van der Waals surface area contributed by atoms with Gasteiger partial charge in [-0.25, -0.2) is 4.79 Å². The van der Waals surface area contributed by atoms with Gasteiger partial charge in [0.25, 0.3) is 5.91 Å². The van der Waals surface area contributed by atoms with Crippen LogP contribution in [0.2, 0.25) is 0 Å². The maximum absolute atomic E-state index is 12.6. The highest BCUT2D eigenvalue weighted by Crippen LogP contribution is 2.53. The Morgan fingerprint density at radius 3 is 2.63 bits per heavy atom. The molecule has 12 heteroatoms. The van der Waals surface area contributed by atoms with Gasteiger partial charge in [-0.1, -0.05) is 19.9 Å². The molecular formula is C29H39N5O6S. The molecule has 3 amide bonds. The lowest BCUT2D eigenvalue weighted by atomic mass is 9.73. The molecule has 5 rings (SSSR count). The van der Waals surface area contributed by atoms with Crippen LogP contribution >= 0.6 is 11.8 Å². The van der Waals surface area contributed by atoms with E-state index in [1.807, 2.05) is 13.8 Å². The number of β-lactam (4-membered cyclic amide) rings is 1. The minimum Gasteiger partial charge on any atom is -0.477 e. The highest BCUT2D eigenvalue weighted by Gasteiger charge is 2.60. The fourth-order valence-electron chi connectivity index (χ4n) is 6.22. The van der Waals surface area contributed by atoms with E-state index in [2.05, 4.69) is 10.6 Å². The zero-order valence-electron chi connectivity index (χ0n) is 23.7. The van der Waals surface area contributed by atoms with E-state index in [-0.39, 0.29) is 53.1 Å².